The molecule has 0 bridgehead atoms. The number of carbonyl (C=O) groups excluding carboxylic acids is 1. The van der Waals surface area contributed by atoms with Crippen molar-refractivity contribution in [3.8, 4) is 5.75 Å². The molecule has 0 amide bonds. The second-order valence-electron chi connectivity index (χ2n) is 5.28. The minimum atomic E-state index is -0.00637. The fourth-order valence-corrected chi connectivity index (χ4v) is 2.84. The smallest absolute Gasteiger partial charge is 0.195 e. The van der Waals surface area contributed by atoms with Crippen molar-refractivity contribution in [2.24, 2.45) is 0 Å². The van der Waals surface area contributed by atoms with E-state index >= 15 is 0 Å². The summed E-state index contributed by atoms with van der Waals surface area (Å²) < 4.78 is 5.13. The number of carbonyl (C=O) groups is 1. The van der Waals surface area contributed by atoms with E-state index < -0.39 is 0 Å². The molecule has 1 N–H and O–H groups in total. The second-order valence-corrected chi connectivity index (χ2v) is 5.68. The molecule has 0 unspecified atom stereocenters. The van der Waals surface area contributed by atoms with Crippen molar-refractivity contribution in [1.29, 1.82) is 0 Å². The zero-order valence-electron chi connectivity index (χ0n) is 12.7. The number of halogens is 1. The lowest BCUT2D eigenvalue weighted by Crippen LogP contribution is -2.02. The van der Waals surface area contributed by atoms with Crippen molar-refractivity contribution in [3.05, 3.63) is 63.8 Å². The predicted molar refractivity (Wildman–Crippen MR) is 89.2 cm³/mol. The molecule has 1 aromatic heterocycles. The van der Waals surface area contributed by atoms with Crippen LogP contribution in [0.15, 0.2) is 36.4 Å². The van der Waals surface area contributed by atoms with Crippen LogP contribution < -0.4 is 4.74 Å². The van der Waals surface area contributed by atoms with Gasteiger partial charge < -0.3 is 9.72 Å². The molecule has 0 aliphatic rings. The van der Waals surface area contributed by atoms with Gasteiger partial charge in [0.25, 0.3) is 0 Å². The average Bonchev–Trinajstić information content (AvgIpc) is 2.87. The third kappa shape index (κ3) is 2.28. The highest BCUT2D eigenvalue weighted by Crippen LogP contribution is 2.30. The summed E-state index contributed by atoms with van der Waals surface area (Å²) in [4.78, 5) is 16.1. The van der Waals surface area contributed by atoms with E-state index in [0.29, 0.717) is 16.1 Å². The van der Waals surface area contributed by atoms with Gasteiger partial charge in [-0.3, -0.25) is 4.79 Å². The molecule has 0 fully saturated rings. The van der Waals surface area contributed by atoms with Crippen LogP contribution in [0, 0.1) is 13.8 Å². The molecule has 0 aliphatic carbocycles. The number of benzene rings is 2. The van der Waals surface area contributed by atoms with E-state index in [0.717, 1.165) is 27.9 Å². The number of aromatic amines is 1. The summed E-state index contributed by atoms with van der Waals surface area (Å²) in [5.74, 6) is 0.725. The van der Waals surface area contributed by atoms with E-state index in [1.165, 1.54) is 0 Å². The molecule has 22 heavy (non-hydrogen) atoms. The zero-order valence-corrected chi connectivity index (χ0v) is 13.4. The minimum Gasteiger partial charge on any atom is -0.497 e. The quantitative estimate of drug-likeness (QED) is 0.713. The van der Waals surface area contributed by atoms with E-state index in [1.54, 1.807) is 31.4 Å². The van der Waals surface area contributed by atoms with Crippen molar-refractivity contribution in [1.82, 2.24) is 4.98 Å². The van der Waals surface area contributed by atoms with Crippen molar-refractivity contribution >= 4 is 28.3 Å². The van der Waals surface area contributed by atoms with Crippen molar-refractivity contribution in [3.63, 3.8) is 0 Å². The van der Waals surface area contributed by atoms with E-state index in [4.69, 9.17) is 16.3 Å². The number of fused-ring (bicyclic) bond motifs is 1. The summed E-state index contributed by atoms with van der Waals surface area (Å²) in [6.45, 7) is 3.85. The first-order valence-electron chi connectivity index (χ1n) is 6.99. The van der Waals surface area contributed by atoms with Crippen molar-refractivity contribution < 1.29 is 9.53 Å². The zero-order chi connectivity index (χ0) is 15.9. The maximum atomic E-state index is 12.8. The number of hydrogen-bond donors (Lipinski definition) is 1. The molecule has 0 saturated heterocycles. The summed E-state index contributed by atoms with van der Waals surface area (Å²) >= 11 is 6.16. The molecule has 3 rings (SSSR count). The number of rotatable bonds is 3. The van der Waals surface area contributed by atoms with Gasteiger partial charge in [0.1, 0.15) is 5.75 Å². The SMILES string of the molecule is COc1ccc(C(=O)c2c(C)[nH]c3c(C)c(Cl)ccc23)cc1. The van der Waals surface area contributed by atoms with Gasteiger partial charge >= 0.3 is 0 Å². The fourth-order valence-electron chi connectivity index (χ4n) is 2.69. The summed E-state index contributed by atoms with van der Waals surface area (Å²) in [6.07, 6.45) is 0. The molecule has 3 aromatic rings. The first kappa shape index (κ1) is 14.7. The van der Waals surface area contributed by atoms with Crippen molar-refractivity contribution in [2.45, 2.75) is 13.8 Å². The van der Waals surface area contributed by atoms with Gasteiger partial charge in [-0.15, -0.1) is 0 Å². The Bertz CT molecular complexity index is 863. The van der Waals surface area contributed by atoms with Crippen molar-refractivity contribution in [2.75, 3.05) is 7.11 Å². The largest absolute Gasteiger partial charge is 0.497 e. The molecular weight excluding hydrogens is 298 g/mol. The molecule has 2 aromatic carbocycles. The molecule has 4 heteroatoms. The van der Waals surface area contributed by atoms with Gasteiger partial charge in [0.05, 0.1) is 18.2 Å². The molecular formula is C18H16ClNO2. The molecule has 0 spiro atoms. The lowest BCUT2D eigenvalue weighted by molar-refractivity contribution is 0.103. The topological polar surface area (TPSA) is 42.1 Å². The summed E-state index contributed by atoms with van der Waals surface area (Å²) in [5.41, 5.74) is 4.05. The molecule has 3 nitrogen and oxygen atoms in total. The maximum absolute atomic E-state index is 12.8. The summed E-state index contributed by atoms with van der Waals surface area (Å²) in [7, 11) is 1.60. The standard InChI is InChI=1S/C18H16ClNO2/c1-10-15(19)9-8-14-16(11(2)20-17(10)14)18(21)12-4-6-13(22-3)7-5-12/h4-9,20H,1-3H3. The third-order valence-corrected chi connectivity index (χ3v) is 4.34. The normalized spacial score (nSPS) is 10.9. The van der Waals surface area contributed by atoms with E-state index in [-0.39, 0.29) is 5.78 Å². The Kier molecular flexibility index (Phi) is 3.67. The van der Waals surface area contributed by atoms with Gasteiger partial charge in [-0.1, -0.05) is 17.7 Å². The Balaban J connectivity index is 2.14. The van der Waals surface area contributed by atoms with E-state index in [2.05, 4.69) is 4.98 Å². The van der Waals surface area contributed by atoms with Crippen LogP contribution in [0.3, 0.4) is 0 Å². The second kappa shape index (κ2) is 5.50. The number of hydrogen-bond acceptors (Lipinski definition) is 2. The lowest BCUT2D eigenvalue weighted by atomic mass is 9.99. The number of nitrogens with one attached hydrogen (secondary N) is 1. The monoisotopic (exact) mass is 313 g/mol. The highest BCUT2D eigenvalue weighted by molar-refractivity contribution is 6.32. The molecule has 1 heterocycles. The highest BCUT2D eigenvalue weighted by atomic mass is 35.5. The predicted octanol–water partition coefficient (Wildman–Crippen LogP) is 4.68. The average molecular weight is 314 g/mol. The molecule has 0 saturated carbocycles. The van der Waals surface area contributed by atoms with Crippen LogP contribution in [-0.4, -0.2) is 17.9 Å². The Morgan fingerprint density at radius 2 is 1.77 bits per heavy atom. The Hall–Kier alpha value is -2.26. The highest BCUT2D eigenvalue weighted by Gasteiger charge is 2.19. The van der Waals surface area contributed by atoms with Gasteiger partial charge in [-0.05, 0) is 49.7 Å². The number of aromatic nitrogens is 1. The first-order valence-corrected chi connectivity index (χ1v) is 7.37. The minimum absolute atomic E-state index is 0.00637. The van der Waals surface area contributed by atoms with Gasteiger partial charge in [0, 0.05) is 21.7 Å². The van der Waals surface area contributed by atoms with Gasteiger partial charge in [-0.25, -0.2) is 0 Å². The number of ether oxygens (including phenoxy) is 1. The van der Waals surface area contributed by atoms with E-state index in [9.17, 15) is 4.79 Å². The number of H-pyrrole nitrogens is 1. The Morgan fingerprint density at radius 1 is 1.09 bits per heavy atom. The Labute approximate surface area is 133 Å². The van der Waals surface area contributed by atoms with E-state index in [1.807, 2.05) is 26.0 Å². The van der Waals surface area contributed by atoms with Crippen LogP contribution in [0.4, 0.5) is 0 Å². The van der Waals surface area contributed by atoms with Crippen LogP contribution in [0.2, 0.25) is 5.02 Å². The third-order valence-electron chi connectivity index (χ3n) is 3.94. The molecule has 0 atom stereocenters. The van der Waals surface area contributed by atoms with Gasteiger partial charge in [0.2, 0.25) is 0 Å². The molecule has 0 radical (unpaired) electrons. The molecule has 0 aliphatic heterocycles. The summed E-state index contributed by atoms with van der Waals surface area (Å²) in [5, 5.41) is 1.59. The Morgan fingerprint density at radius 3 is 2.41 bits per heavy atom. The number of methoxy groups -OCH3 is 1. The maximum Gasteiger partial charge on any atom is 0.195 e. The summed E-state index contributed by atoms with van der Waals surface area (Å²) in [6, 6.07) is 10.9. The van der Waals surface area contributed by atoms with Gasteiger partial charge in [0.15, 0.2) is 5.78 Å². The fraction of sp³-hybridized carbons (Fsp3) is 0.167. The number of ketones is 1. The lowest BCUT2D eigenvalue weighted by Gasteiger charge is -2.04. The van der Waals surface area contributed by atoms with Crippen LogP contribution in [-0.2, 0) is 0 Å². The van der Waals surface area contributed by atoms with Crippen LogP contribution >= 0.6 is 11.6 Å². The first-order chi connectivity index (χ1) is 10.5. The molecule has 112 valence electrons. The van der Waals surface area contributed by atoms with Crippen LogP contribution in [0.5, 0.6) is 5.75 Å². The van der Waals surface area contributed by atoms with Crippen LogP contribution in [0.1, 0.15) is 27.2 Å². The van der Waals surface area contributed by atoms with Gasteiger partial charge in [-0.2, -0.15) is 0 Å². The van der Waals surface area contributed by atoms with Crippen LogP contribution in [0.25, 0.3) is 10.9 Å². The number of aryl methyl sites for hydroxylation is 2.